The number of rotatable bonds is 3. The number of hydrogen-bond donors (Lipinski definition) is 2. The van der Waals surface area contributed by atoms with Crippen LogP contribution in [0.5, 0.6) is 0 Å². The molecule has 1 saturated heterocycles. The molecule has 0 saturated carbocycles. The summed E-state index contributed by atoms with van der Waals surface area (Å²) in [4.78, 5) is 2.31. The molecule has 0 aromatic carbocycles. The largest absolute Gasteiger partial charge is 0.329 e. The van der Waals surface area contributed by atoms with E-state index in [4.69, 9.17) is 5.73 Å². The average molecular weight is 172 g/mol. The number of nitrogens with two attached hydrogens (primary N) is 1. The van der Waals surface area contributed by atoms with Crippen LogP contribution in [0.1, 0.15) is 6.42 Å². The quantitative estimate of drug-likeness (QED) is 0.541. The Morgan fingerprint density at radius 3 is 2.58 bits per heavy atom. The first-order valence-electron chi connectivity index (χ1n) is 4.42. The Kier molecular flexibility index (Phi) is 3.06. The number of hydrazine groups is 1. The van der Waals surface area contributed by atoms with Gasteiger partial charge in [-0.1, -0.05) is 0 Å². The van der Waals surface area contributed by atoms with Crippen molar-refractivity contribution in [3.63, 3.8) is 0 Å². The van der Waals surface area contributed by atoms with Gasteiger partial charge in [0.2, 0.25) is 0 Å². The fourth-order valence-corrected chi connectivity index (χ4v) is 1.86. The second kappa shape index (κ2) is 3.70. The summed E-state index contributed by atoms with van der Waals surface area (Å²) in [5.41, 5.74) is 9.27. The molecule has 0 radical (unpaired) electrons. The smallest absolute Gasteiger partial charge is 0.0586 e. The molecule has 0 spiro atoms. The van der Waals surface area contributed by atoms with Crippen molar-refractivity contribution < 1.29 is 0 Å². The Hall–Kier alpha value is -0.160. The van der Waals surface area contributed by atoms with Gasteiger partial charge in [-0.05, 0) is 20.0 Å². The van der Waals surface area contributed by atoms with Gasteiger partial charge in [0.25, 0.3) is 0 Å². The van der Waals surface area contributed by atoms with Gasteiger partial charge in [0.1, 0.15) is 0 Å². The van der Waals surface area contributed by atoms with E-state index in [1.54, 1.807) is 0 Å². The van der Waals surface area contributed by atoms with Crippen LogP contribution < -0.4 is 11.2 Å². The molecular formula is C8H20N4. The van der Waals surface area contributed by atoms with Crippen molar-refractivity contribution in [3.8, 4) is 0 Å². The molecule has 0 bridgehead atoms. The first kappa shape index (κ1) is 9.92. The molecule has 0 amide bonds. The van der Waals surface area contributed by atoms with Crippen LogP contribution in [0, 0.1) is 0 Å². The minimum Gasteiger partial charge on any atom is -0.329 e. The predicted octanol–water partition coefficient (Wildman–Crippen LogP) is -0.914. The normalized spacial score (nSPS) is 31.8. The molecule has 1 aliphatic heterocycles. The minimum absolute atomic E-state index is 0.109. The van der Waals surface area contributed by atoms with Crippen LogP contribution in [-0.2, 0) is 0 Å². The molecule has 3 N–H and O–H groups in total. The summed E-state index contributed by atoms with van der Waals surface area (Å²) in [6.45, 7) is 2.88. The monoisotopic (exact) mass is 172 g/mol. The van der Waals surface area contributed by atoms with Crippen molar-refractivity contribution in [2.24, 2.45) is 5.73 Å². The molecule has 1 aliphatic rings. The summed E-state index contributed by atoms with van der Waals surface area (Å²) in [5, 5.41) is 1.99. The number of nitrogens with zero attached hydrogens (tertiary/aromatic N) is 2. The van der Waals surface area contributed by atoms with E-state index in [1.165, 1.54) is 0 Å². The summed E-state index contributed by atoms with van der Waals surface area (Å²) < 4.78 is 0. The summed E-state index contributed by atoms with van der Waals surface area (Å²) in [6, 6.07) is 0. The van der Waals surface area contributed by atoms with E-state index < -0.39 is 0 Å². The molecule has 0 aliphatic carbocycles. The van der Waals surface area contributed by atoms with Crippen LogP contribution in [0.25, 0.3) is 0 Å². The first-order valence-corrected chi connectivity index (χ1v) is 4.42. The zero-order chi connectivity index (χ0) is 9.19. The zero-order valence-corrected chi connectivity index (χ0v) is 8.30. The summed E-state index contributed by atoms with van der Waals surface area (Å²) in [5.74, 6) is 0. The van der Waals surface area contributed by atoms with Crippen LogP contribution >= 0.6 is 0 Å². The Morgan fingerprint density at radius 1 is 1.58 bits per heavy atom. The van der Waals surface area contributed by atoms with E-state index in [0.717, 1.165) is 19.5 Å². The van der Waals surface area contributed by atoms with Crippen LogP contribution in [0.4, 0.5) is 0 Å². The maximum atomic E-state index is 5.76. The van der Waals surface area contributed by atoms with Crippen molar-refractivity contribution in [3.05, 3.63) is 0 Å². The third kappa shape index (κ3) is 2.17. The highest BCUT2D eigenvalue weighted by atomic mass is 15.5. The second-order valence-corrected chi connectivity index (χ2v) is 3.98. The zero-order valence-electron chi connectivity index (χ0n) is 8.30. The van der Waals surface area contributed by atoms with E-state index in [9.17, 15) is 0 Å². The average Bonchev–Trinajstić information content (AvgIpc) is 2.32. The Labute approximate surface area is 74.7 Å². The second-order valence-electron chi connectivity index (χ2n) is 3.98. The molecule has 0 aromatic rings. The van der Waals surface area contributed by atoms with Crippen molar-refractivity contribution in [2.45, 2.75) is 12.0 Å². The van der Waals surface area contributed by atoms with Crippen LogP contribution in [-0.4, -0.2) is 56.2 Å². The van der Waals surface area contributed by atoms with E-state index >= 15 is 0 Å². The van der Waals surface area contributed by atoms with Crippen LogP contribution in [0.15, 0.2) is 0 Å². The minimum atomic E-state index is 0.109. The number of likely N-dealkylation sites (tertiary alicyclic amines) is 1. The van der Waals surface area contributed by atoms with Gasteiger partial charge in [0, 0.05) is 27.2 Å². The maximum absolute atomic E-state index is 5.76. The standard InChI is InChI=1S/C8H20N4/c1-11(2)10-8(6-9)4-5-12(3)7-8/h10H,4-7,9H2,1-3H3. The highest BCUT2D eigenvalue weighted by Crippen LogP contribution is 2.18. The topological polar surface area (TPSA) is 44.5 Å². The molecule has 1 unspecified atom stereocenters. The summed E-state index contributed by atoms with van der Waals surface area (Å²) in [7, 11) is 6.15. The van der Waals surface area contributed by atoms with E-state index in [-0.39, 0.29) is 5.54 Å². The SMILES string of the molecule is CN1CCC(CN)(NN(C)C)C1. The number of nitrogens with one attached hydrogen (secondary N) is 1. The molecule has 1 atom stereocenters. The Bertz CT molecular complexity index is 148. The molecule has 1 rings (SSSR count). The molecule has 72 valence electrons. The highest BCUT2D eigenvalue weighted by Gasteiger charge is 2.35. The lowest BCUT2D eigenvalue weighted by Gasteiger charge is -2.32. The Morgan fingerprint density at radius 2 is 2.25 bits per heavy atom. The van der Waals surface area contributed by atoms with Gasteiger partial charge in [0.15, 0.2) is 0 Å². The predicted molar refractivity (Wildman–Crippen MR) is 50.7 cm³/mol. The molecule has 4 heteroatoms. The van der Waals surface area contributed by atoms with Crippen LogP contribution in [0.3, 0.4) is 0 Å². The molecular weight excluding hydrogens is 152 g/mol. The molecule has 1 fully saturated rings. The lowest BCUT2D eigenvalue weighted by molar-refractivity contribution is 0.166. The third-order valence-corrected chi connectivity index (χ3v) is 2.40. The highest BCUT2D eigenvalue weighted by molar-refractivity contribution is 4.96. The molecule has 12 heavy (non-hydrogen) atoms. The summed E-state index contributed by atoms with van der Waals surface area (Å²) >= 11 is 0. The fraction of sp³-hybridized carbons (Fsp3) is 1.00. The van der Waals surface area contributed by atoms with Crippen molar-refractivity contribution in [1.82, 2.24) is 15.3 Å². The lowest BCUT2D eigenvalue weighted by Crippen LogP contribution is -2.57. The first-order chi connectivity index (χ1) is 5.58. The Balaban J connectivity index is 2.52. The van der Waals surface area contributed by atoms with Gasteiger partial charge < -0.3 is 10.6 Å². The van der Waals surface area contributed by atoms with Gasteiger partial charge in [-0.15, -0.1) is 0 Å². The van der Waals surface area contributed by atoms with Gasteiger partial charge in [-0.2, -0.15) is 0 Å². The van der Waals surface area contributed by atoms with E-state index in [0.29, 0.717) is 6.54 Å². The van der Waals surface area contributed by atoms with E-state index in [2.05, 4.69) is 17.4 Å². The van der Waals surface area contributed by atoms with Crippen molar-refractivity contribution >= 4 is 0 Å². The van der Waals surface area contributed by atoms with Gasteiger partial charge in [-0.25, -0.2) is 10.4 Å². The molecule has 0 aromatic heterocycles. The maximum Gasteiger partial charge on any atom is 0.0586 e. The fourth-order valence-electron chi connectivity index (χ4n) is 1.86. The molecule has 4 nitrogen and oxygen atoms in total. The van der Waals surface area contributed by atoms with E-state index in [1.807, 2.05) is 19.1 Å². The number of hydrogen-bond acceptors (Lipinski definition) is 4. The lowest BCUT2D eigenvalue weighted by atomic mass is 10.0. The van der Waals surface area contributed by atoms with Crippen LogP contribution in [0.2, 0.25) is 0 Å². The van der Waals surface area contributed by atoms with Crippen molar-refractivity contribution in [1.29, 1.82) is 0 Å². The number of likely N-dealkylation sites (N-methyl/N-ethyl adjacent to an activating group) is 1. The summed E-state index contributed by atoms with van der Waals surface area (Å²) in [6.07, 6.45) is 1.14. The van der Waals surface area contributed by atoms with Gasteiger partial charge >= 0.3 is 0 Å². The third-order valence-electron chi connectivity index (χ3n) is 2.40. The molecule has 1 heterocycles. The van der Waals surface area contributed by atoms with Gasteiger partial charge in [0.05, 0.1) is 5.54 Å². The van der Waals surface area contributed by atoms with Crippen molar-refractivity contribution in [2.75, 3.05) is 40.8 Å². The van der Waals surface area contributed by atoms with Gasteiger partial charge in [-0.3, -0.25) is 0 Å².